The molecule has 0 aromatic heterocycles. The van der Waals surface area contributed by atoms with E-state index in [-0.39, 0.29) is 0 Å². The Morgan fingerprint density at radius 1 is 1.08 bits per heavy atom. The fraction of sp³-hybridized carbons (Fsp3) is 0.125. The minimum atomic E-state index is -4.90. The van der Waals surface area contributed by atoms with Gasteiger partial charge < -0.3 is 10.1 Å². The van der Waals surface area contributed by atoms with Crippen LogP contribution in [0.3, 0.4) is 0 Å². The molecule has 0 aliphatic heterocycles. The van der Waals surface area contributed by atoms with Crippen molar-refractivity contribution in [3.63, 3.8) is 0 Å². The van der Waals surface area contributed by atoms with Crippen molar-refractivity contribution in [2.45, 2.75) is 13.1 Å². The van der Waals surface area contributed by atoms with E-state index in [2.05, 4.69) is 4.74 Å². The second-order valence-corrected chi connectivity index (χ2v) is 4.85. The minimum Gasteiger partial charge on any atom is -0.425 e. The SMILES string of the molecule is CC(=O)Oc1c(C(=O)Nc2cc(F)ccc2F)cccc1C(F)(F)F. The second-order valence-electron chi connectivity index (χ2n) is 4.85. The number of nitrogens with one attached hydrogen (secondary N) is 1. The standard InChI is InChI=1S/C16H10F5NO3/c1-8(23)25-14-10(3-2-4-11(14)16(19,20)21)15(24)22-13-7-9(17)5-6-12(13)18/h2-7H,1H3,(H,22,24). The molecule has 0 saturated carbocycles. The van der Waals surface area contributed by atoms with Crippen LogP contribution in [0.1, 0.15) is 22.8 Å². The molecule has 0 saturated heterocycles. The average molecular weight is 359 g/mol. The topological polar surface area (TPSA) is 55.4 Å². The zero-order valence-electron chi connectivity index (χ0n) is 12.6. The molecule has 0 aliphatic carbocycles. The van der Waals surface area contributed by atoms with Gasteiger partial charge in [0.15, 0.2) is 5.75 Å². The van der Waals surface area contributed by atoms with Crippen molar-refractivity contribution < 1.29 is 36.3 Å². The number of carbonyl (C=O) groups is 2. The summed E-state index contributed by atoms with van der Waals surface area (Å²) in [5.74, 6) is -5.15. The molecule has 0 fully saturated rings. The first-order chi connectivity index (χ1) is 11.6. The number of rotatable bonds is 3. The van der Waals surface area contributed by atoms with Crippen LogP contribution in [-0.2, 0) is 11.0 Å². The molecule has 1 N–H and O–H groups in total. The van der Waals surface area contributed by atoms with Crippen LogP contribution in [0.15, 0.2) is 36.4 Å². The van der Waals surface area contributed by atoms with Gasteiger partial charge in [0.1, 0.15) is 11.6 Å². The summed E-state index contributed by atoms with van der Waals surface area (Å²) in [7, 11) is 0. The molecule has 0 radical (unpaired) electrons. The van der Waals surface area contributed by atoms with Gasteiger partial charge in [0.2, 0.25) is 0 Å². The van der Waals surface area contributed by atoms with Crippen molar-refractivity contribution in [2.24, 2.45) is 0 Å². The van der Waals surface area contributed by atoms with E-state index in [9.17, 15) is 31.5 Å². The highest BCUT2D eigenvalue weighted by molar-refractivity contribution is 6.07. The molecule has 25 heavy (non-hydrogen) atoms. The van der Waals surface area contributed by atoms with Gasteiger partial charge in [-0.15, -0.1) is 0 Å². The van der Waals surface area contributed by atoms with Crippen molar-refractivity contribution in [2.75, 3.05) is 5.32 Å². The van der Waals surface area contributed by atoms with Gasteiger partial charge >= 0.3 is 12.1 Å². The van der Waals surface area contributed by atoms with Crippen molar-refractivity contribution in [3.8, 4) is 5.75 Å². The monoisotopic (exact) mass is 359 g/mol. The molecule has 9 heteroatoms. The Labute approximate surface area is 138 Å². The van der Waals surface area contributed by atoms with E-state index in [4.69, 9.17) is 0 Å². The van der Waals surface area contributed by atoms with Gasteiger partial charge in [-0.05, 0) is 24.3 Å². The van der Waals surface area contributed by atoms with Crippen LogP contribution >= 0.6 is 0 Å². The Morgan fingerprint density at radius 3 is 2.36 bits per heavy atom. The summed E-state index contributed by atoms with van der Waals surface area (Å²) in [6.07, 6.45) is -4.90. The summed E-state index contributed by atoms with van der Waals surface area (Å²) >= 11 is 0. The van der Waals surface area contributed by atoms with E-state index in [1.165, 1.54) is 0 Å². The third-order valence-electron chi connectivity index (χ3n) is 2.99. The zero-order valence-corrected chi connectivity index (χ0v) is 12.6. The fourth-order valence-corrected chi connectivity index (χ4v) is 1.98. The van der Waals surface area contributed by atoms with Crippen molar-refractivity contribution in [1.82, 2.24) is 0 Å². The summed E-state index contributed by atoms with van der Waals surface area (Å²) in [4.78, 5) is 23.3. The van der Waals surface area contributed by atoms with Crippen LogP contribution in [-0.4, -0.2) is 11.9 Å². The molecule has 2 rings (SSSR count). The first kappa shape index (κ1) is 18.4. The van der Waals surface area contributed by atoms with Gasteiger partial charge in [-0.2, -0.15) is 13.2 Å². The van der Waals surface area contributed by atoms with Crippen molar-refractivity contribution >= 4 is 17.6 Å². The summed E-state index contributed by atoms with van der Waals surface area (Å²) < 4.78 is 70.4. The van der Waals surface area contributed by atoms with E-state index >= 15 is 0 Å². The lowest BCUT2D eigenvalue weighted by atomic mass is 10.1. The number of ether oxygens (including phenoxy) is 1. The maximum Gasteiger partial charge on any atom is 0.420 e. The zero-order chi connectivity index (χ0) is 18.8. The smallest absolute Gasteiger partial charge is 0.420 e. The van der Waals surface area contributed by atoms with E-state index in [0.717, 1.165) is 31.2 Å². The maximum absolute atomic E-state index is 13.6. The van der Waals surface area contributed by atoms with E-state index in [1.54, 1.807) is 0 Å². The number of alkyl halides is 3. The fourth-order valence-electron chi connectivity index (χ4n) is 1.98. The van der Waals surface area contributed by atoms with Crippen LogP contribution in [0.4, 0.5) is 27.6 Å². The number of benzene rings is 2. The van der Waals surface area contributed by atoms with E-state index < -0.39 is 52.3 Å². The summed E-state index contributed by atoms with van der Waals surface area (Å²) in [5.41, 5.74) is -2.58. The first-order valence-corrected chi connectivity index (χ1v) is 6.74. The van der Waals surface area contributed by atoms with Crippen LogP contribution in [0.25, 0.3) is 0 Å². The first-order valence-electron chi connectivity index (χ1n) is 6.74. The molecule has 1 amide bonds. The number of anilines is 1. The van der Waals surface area contributed by atoms with E-state index in [0.29, 0.717) is 12.1 Å². The highest BCUT2D eigenvalue weighted by Gasteiger charge is 2.37. The average Bonchev–Trinajstić information content (AvgIpc) is 2.49. The molecular formula is C16H10F5NO3. The Morgan fingerprint density at radius 2 is 1.76 bits per heavy atom. The van der Waals surface area contributed by atoms with Gasteiger partial charge in [0, 0.05) is 13.0 Å². The van der Waals surface area contributed by atoms with Gasteiger partial charge in [0.25, 0.3) is 5.91 Å². The predicted octanol–water partition coefficient (Wildman–Crippen LogP) is 4.16. The third kappa shape index (κ3) is 4.31. The maximum atomic E-state index is 13.6. The lowest BCUT2D eigenvalue weighted by Gasteiger charge is -2.16. The minimum absolute atomic E-state index is 0.573. The summed E-state index contributed by atoms with van der Waals surface area (Å²) in [6, 6.07) is 4.71. The molecule has 0 aliphatic rings. The number of hydrogen-bond acceptors (Lipinski definition) is 3. The predicted molar refractivity (Wildman–Crippen MR) is 77.1 cm³/mol. The van der Waals surface area contributed by atoms with Gasteiger partial charge in [-0.1, -0.05) is 6.07 Å². The van der Waals surface area contributed by atoms with E-state index in [1.807, 2.05) is 5.32 Å². The van der Waals surface area contributed by atoms with Crippen LogP contribution in [0.5, 0.6) is 5.75 Å². The lowest BCUT2D eigenvalue weighted by Crippen LogP contribution is -2.19. The molecule has 132 valence electrons. The normalized spacial score (nSPS) is 11.1. The molecule has 4 nitrogen and oxygen atoms in total. The van der Waals surface area contributed by atoms with Crippen molar-refractivity contribution in [3.05, 3.63) is 59.2 Å². The Hall–Kier alpha value is -2.97. The Kier molecular flexibility index (Phi) is 5.05. The number of halogens is 5. The number of esters is 1. The molecule has 0 bridgehead atoms. The Balaban J connectivity index is 2.48. The third-order valence-corrected chi connectivity index (χ3v) is 2.99. The molecule has 2 aromatic rings. The van der Waals surface area contributed by atoms with Crippen LogP contribution < -0.4 is 10.1 Å². The number of para-hydroxylation sites is 1. The largest absolute Gasteiger partial charge is 0.425 e. The molecule has 0 spiro atoms. The Bertz CT molecular complexity index is 833. The number of carbonyl (C=O) groups excluding carboxylic acids is 2. The quantitative estimate of drug-likeness (QED) is 0.509. The summed E-state index contributed by atoms with van der Waals surface area (Å²) in [6.45, 7) is 0.862. The number of hydrogen-bond donors (Lipinski definition) is 1. The lowest BCUT2D eigenvalue weighted by molar-refractivity contribution is -0.141. The van der Waals surface area contributed by atoms with Gasteiger partial charge in [0.05, 0.1) is 16.8 Å². The van der Waals surface area contributed by atoms with Crippen LogP contribution in [0, 0.1) is 11.6 Å². The molecule has 0 unspecified atom stereocenters. The molecule has 0 atom stereocenters. The molecular weight excluding hydrogens is 349 g/mol. The highest BCUT2D eigenvalue weighted by atomic mass is 19.4. The number of amides is 1. The van der Waals surface area contributed by atoms with Crippen molar-refractivity contribution in [1.29, 1.82) is 0 Å². The summed E-state index contributed by atoms with van der Waals surface area (Å²) in [5, 5.41) is 1.95. The van der Waals surface area contributed by atoms with Gasteiger partial charge in [-0.3, -0.25) is 9.59 Å². The molecule has 2 aromatic carbocycles. The highest BCUT2D eigenvalue weighted by Crippen LogP contribution is 2.38. The molecule has 0 heterocycles. The van der Waals surface area contributed by atoms with Crippen LogP contribution in [0.2, 0.25) is 0 Å². The van der Waals surface area contributed by atoms with Gasteiger partial charge in [-0.25, -0.2) is 8.78 Å². The second kappa shape index (κ2) is 6.88.